The Morgan fingerprint density at radius 1 is 1.30 bits per heavy atom. The van der Waals surface area contributed by atoms with Gasteiger partial charge in [-0.2, -0.15) is 18.3 Å². The van der Waals surface area contributed by atoms with Gasteiger partial charge in [-0.1, -0.05) is 31.3 Å². The van der Waals surface area contributed by atoms with Crippen LogP contribution in [0.15, 0.2) is 36.5 Å². The van der Waals surface area contributed by atoms with Crippen molar-refractivity contribution >= 4 is 31.3 Å². The number of benzene rings is 1. The number of carbonyl (C=O) groups is 1. The van der Waals surface area contributed by atoms with E-state index in [1.54, 1.807) is 23.1 Å². The maximum Gasteiger partial charge on any atom is 0.393 e. The first-order valence-corrected chi connectivity index (χ1v) is 15.6. The summed E-state index contributed by atoms with van der Waals surface area (Å²) in [4.78, 5) is 21.0. The number of piperidine rings is 1. The minimum Gasteiger partial charge on any atom is -0.496 e. The summed E-state index contributed by atoms with van der Waals surface area (Å²) in [5, 5.41) is 10.5. The lowest BCUT2D eigenvalue weighted by Gasteiger charge is -2.40. The Hall–Kier alpha value is -3.00. The lowest BCUT2D eigenvalue weighted by atomic mass is 9.93. The highest BCUT2D eigenvalue weighted by Gasteiger charge is 2.45. The van der Waals surface area contributed by atoms with E-state index in [1.165, 1.54) is 0 Å². The Bertz CT molecular complexity index is 1390. The van der Waals surface area contributed by atoms with E-state index in [-0.39, 0.29) is 19.0 Å². The average molecular weight is 669 g/mol. The fraction of sp³-hybridized carbons (Fsp3) is 0.429. The van der Waals surface area contributed by atoms with Gasteiger partial charge in [-0.25, -0.2) is 4.79 Å². The highest BCUT2D eigenvalue weighted by atomic mass is 127. The fourth-order valence-corrected chi connectivity index (χ4v) is 6.92. The molecule has 214 valence electrons. The summed E-state index contributed by atoms with van der Waals surface area (Å²) in [5.74, 6) is -0.887. The van der Waals surface area contributed by atoms with Gasteiger partial charge < -0.3 is 15.0 Å². The van der Waals surface area contributed by atoms with Crippen LogP contribution in [-0.4, -0.2) is 74.5 Å². The number of halogens is 4. The number of urea groups is 1. The summed E-state index contributed by atoms with van der Waals surface area (Å²) >= 11 is -0.539. The molecule has 4 heterocycles. The zero-order chi connectivity index (χ0) is 28.4. The van der Waals surface area contributed by atoms with Crippen molar-refractivity contribution in [1.82, 2.24) is 30.3 Å². The number of hydrogen-bond donors (Lipinski definition) is 2. The predicted molar refractivity (Wildman–Crippen MR) is 155 cm³/mol. The Balaban J connectivity index is 1.32. The molecule has 8 nitrogen and oxygen atoms in total. The normalized spacial score (nSPS) is 19.8. The number of alkyl halides is 3. The molecule has 1 aromatic carbocycles. The summed E-state index contributed by atoms with van der Waals surface area (Å²) < 4.78 is 52.6. The lowest BCUT2D eigenvalue weighted by molar-refractivity contribution is -0.189. The largest absolute Gasteiger partial charge is 0.496 e. The number of hydrogen-bond acceptors (Lipinski definition) is 5. The lowest BCUT2D eigenvalue weighted by Crippen LogP contribution is -2.56. The Kier molecular flexibility index (Phi) is 8.45. The molecule has 0 saturated carbocycles. The zero-order valence-electron chi connectivity index (χ0n) is 22.4. The van der Waals surface area contributed by atoms with Crippen molar-refractivity contribution in [3.63, 3.8) is 0 Å². The van der Waals surface area contributed by atoms with Crippen molar-refractivity contribution < 1.29 is 22.7 Å². The molecule has 1 fully saturated rings. The Labute approximate surface area is 241 Å². The second kappa shape index (κ2) is 11.9. The van der Waals surface area contributed by atoms with Crippen molar-refractivity contribution in [2.75, 3.05) is 26.7 Å². The highest BCUT2D eigenvalue weighted by Crippen LogP contribution is 2.36. The van der Waals surface area contributed by atoms with Gasteiger partial charge in [-0.15, -0.1) is 0 Å². The van der Waals surface area contributed by atoms with Gasteiger partial charge in [0, 0.05) is 76.5 Å². The van der Waals surface area contributed by atoms with Crippen molar-refractivity contribution in [1.29, 1.82) is 0 Å². The minimum absolute atomic E-state index is 0.125. The second-order valence-corrected chi connectivity index (χ2v) is 12.2. The van der Waals surface area contributed by atoms with Gasteiger partial charge in [-0.05, 0) is 37.6 Å². The van der Waals surface area contributed by atoms with E-state index in [9.17, 15) is 18.0 Å². The minimum atomic E-state index is -4.36. The Morgan fingerprint density at radius 2 is 2.12 bits per heavy atom. The standard InChI is InChI=1S/C28H32F3IN6O2/c1-17-11-18(7-9-33-17)26-22-16-38(10-8-24(22)35-36-26)27(39)34-20-12-19(28(29,30)31)13-37(14-20)15-21-23(32-2)5-4-6-25(21)40-3/h4-7,9,11,19-20H,2,8,10,12-16H2,1,3H3,(H,34,39)(H,35,36). The molecule has 2 amide bonds. The number of nitrogens with zero attached hydrogens (tertiary/aromatic N) is 4. The average Bonchev–Trinajstić information content (AvgIpc) is 3.36. The fourth-order valence-electron chi connectivity index (χ4n) is 5.56. The van der Waals surface area contributed by atoms with E-state index in [0.29, 0.717) is 38.3 Å². The molecule has 2 atom stereocenters. The third-order valence-corrected chi connectivity index (χ3v) is 9.36. The van der Waals surface area contributed by atoms with Crippen LogP contribution in [0.3, 0.4) is 0 Å². The van der Waals surface area contributed by atoms with Crippen molar-refractivity contribution in [2.45, 2.75) is 45.1 Å². The van der Waals surface area contributed by atoms with Crippen LogP contribution in [0, 0.1) is 16.4 Å². The molecule has 40 heavy (non-hydrogen) atoms. The number of carbonyl (C=O) groups excluding carboxylic acids is 1. The van der Waals surface area contributed by atoms with E-state index in [4.69, 9.17) is 4.74 Å². The van der Waals surface area contributed by atoms with Crippen LogP contribution in [0.25, 0.3) is 11.3 Å². The summed E-state index contributed by atoms with van der Waals surface area (Å²) in [6, 6.07) is 8.47. The molecule has 2 aromatic heterocycles. The van der Waals surface area contributed by atoms with Crippen LogP contribution in [0.1, 0.15) is 28.9 Å². The van der Waals surface area contributed by atoms with Gasteiger partial charge in [0.05, 0.1) is 25.3 Å². The number of nitrogens with one attached hydrogen (secondary N) is 2. The maximum absolute atomic E-state index is 14.0. The van der Waals surface area contributed by atoms with Gasteiger partial charge in [0.25, 0.3) is 0 Å². The number of H-pyrrole nitrogens is 1. The number of rotatable bonds is 6. The van der Waals surface area contributed by atoms with E-state index in [1.807, 2.05) is 37.3 Å². The SMILES string of the molecule is C=Ic1cccc(OC)c1CN1CC(NC(=O)N2CCc3[nH]nc(-c4ccnc(C)c4)c3C2)CC(C(F)(F)F)C1. The smallest absolute Gasteiger partial charge is 0.393 e. The predicted octanol–water partition coefficient (Wildman–Crippen LogP) is 4.88. The molecule has 0 spiro atoms. The molecule has 12 heteroatoms. The molecule has 5 rings (SSSR count). The second-order valence-electron chi connectivity index (χ2n) is 10.3. The number of fused-ring (bicyclic) bond motifs is 1. The first kappa shape index (κ1) is 28.5. The number of aryl methyl sites for hydroxylation is 1. The van der Waals surface area contributed by atoms with Gasteiger partial charge in [0.2, 0.25) is 0 Å². The summed E-state index contributed by atoms with van der Waals surface area (Å²) in [6.45, 7) is 3.18. The van der Waals surface area contributed by atoms with Crippen LogP contribution in [-0.2, 0) is 19.5 Å². The zero-order valence-corrected chi connectivity index (χ0v) is 24.6. The first-order chi connectivity index (χ1) is 19.2. The molecule has 0 bridgehead atoms. The molecule has 2 N–H and O–H groups in total. The number of methoxy groups -OCH3 is 1. The van der Waals surface area contributed by atoms with Crippen LogP contribution in [0.4, 0.5) is 18.0 Å². The number of amides is 2. The molecule has 0 radical (unpaired) electrons. The van der Waals surface area contributed by atoms with Gasteiger partial charge in [-0.3, -0.25) is 15.0 Å². The molecule has 2 aliphatic rings. The van der Waals surface area contributed by atoms with Crippen molar-refractivity contribution in [3.05, 3.63) is 62.6 Å². The van der Waals surface area contributed by atoms with Gasteiger partial charge in [0.1, 0.15) is 5.75 Å². The number of aromatic amines is 1. The topological polar surface area (TPSA) is 86.4 Å². The summed E-state index contributed by atoms with van der Waals surface area (Å²) in [5.41, 5.74) is 5.30. The quantitative estimate of drug-likeness (QED) is 0.366. The third-order valence-electron chi connectivity index (χ3n) is 7.53. The molecule has 2 aliphatic heterocycles. The van der Waals surface area contributed by atoms with Crippen molar-refractivity contribution in [2.24, 2.45) is 5.92 Å². The molecular formula is C28H32F3IN6O2. The molecular weight excluding hydrogens is 636 g/mol. The molecule has 1 saturated heterocycles. The van der Waals surface area contributed by atoms with E-state index < -0.39 is 38.9 Å². The number of likely N-dealkylation sites (tertiary alicyclic amines) is 1. The van der Waals surface area contributed by atoms with Crippen LogP contribution in [0.5, 0.6) is 5.75 Å². The van der Waals surface area contributed by atoms with Crippen LogP contribution >= 0.6 is 20.7 Å². The number of ether oxygens (including phenoxy) is 1. The first-order valence-electron chi connectivity index (χ1n) is 13.0. The van der Waals surface area contributed by atoms with Crippen molar-refractivity contribution in [3.8, 4) is 17.0 Å². The van der Waals surface area contributed by atoms with E-state index >= 15 is 0 Å². The maximum atomic E-state index is 14.0. The summed E-state index contributed by atoms with van der Waals surface area (Å²) in [7, 11) is 1.56. The van der Waals surface area contributed by atoms with Crippen LogP contribution < -0.4 is 10.1 Å². The highest BCUT2D eigenvalue weighted by molar-refractivity contribution is 14.2. The summed E-state index contributed by atoms with van der Waals surface area (Å²) in [6.07, 6.45) is -2.21. The third kappa shape index (κ3) is 6.17. The van der Waals surface area contributed by atoms with Crippen LogP contribution in [0.2, 0.25) is 0 Å². The Morgan fingerprint density at radius 3 is 2.85 bits per heavy atom. The molecule has 2 unspecified atom stereocenters. The number of pyridine rings is 1. The molecule has 3 aromatic rings. The molecule has 0 aliphatic carbocycles. The van der Waals surface area contributed by atoms with Gasteiger partial charge in [0.15, 0.2) is 0 Å². The van der Waals surface area contributed by atoms with Gasteiger partial charge >= 0.3 is 12.2 Å². The number of aromatic nitrogens is 3. The monoisotopic (exact) mass is 668 g/mol. The van der Waals surface area contributed by atoms with E-state index in [0.717, 1.165) is 37.3 Å². The van der Waals surface area contributed by atoms with E-state index in [2.05, 4.69) is 25.0 Å².